The van der Waals surface area contributed by atoms with Crippen LogP contribution in [0.25, 0.3) is 0 Å². The third-order valence-electron chi connectivity index (χ3n) is 7.44. The molecule has 4 amide bonds. The fourth-order valence-corrected chi connectivity index (χ4v) is 5.41. The molecule has 0 saturated carbocycles. The van der Waals surface area contributed by atoms with Crippen LogP contribution in [0, 0.1) is 5.82 Å². The monoisotopic (exact) mass is 529 g/mol. The van der Waals surface area contributed by atoms with Crippen molar-refractivity contribution in [1.82, 2.24) is 9.80 Å². The Labute approximate surface area is 225 Å². The van der Waals surface area contributed by atoms with E-state index in [2.05, 4.69) is 5.32 Å². The van der Waals surface area contributed by atoms with Crippen LogP contribution in [-0.4, -0.2) is 65.8 Å². The molecule has 5 rings (SSSR count). The molecule has 1 atom stereocenters. The first-order chi connectivity index (χ1) is 18.8. The number of ether oxygens (including phenoxy) is 1. The van der Waals surface area contributed by atoms with Crippen LogP contribution in [0.4, 0.5) is 10.1 Å². The van der Waals surface area contributed by atoms with E-state index in [9.17, 15) is 23.6 Å². The molecule has 0 saturated heterocycles. The zero-order chi connectivity index (χ0) is 27.6. The Morgan fingerprint density at radius 3 is 2.21 bits per heavy atom. The van der Waals surface area contributed by atoms with Crippen molar-refractivity contribution in [2.75, 3.05) is 32.1 Å². The third-order valence-corrected chi connectivity index (χ3v) is 7.44. The van der Waals surface area contributed by atoms with Crippen LogP contribution in [0.3, 0.4) is 0 Å². The second kappa shape index (κ2) is 10.8. The molecule has 0 bridgehead atoms. The molecule has 1 unspecified atom stereocenters. The van der Waals surface area contributed by atoms with E-state index >= 15 is 0 Å². The van der Waals surface area contributed by atoms with E-state index in [1.807, 2.05) is 24.3 Å². The number of rotatable bonds is 8. The lowest BCUT2D eigenvalue weighted by Crippen LogP contribution is -2.64. The van der Waals surface area contributed by atoms with Gasteiger partial charge < -0.3 is 15.0 Å². The maximum atomic E-state index is 14.1. The van der Waals surface area contributed by atoms with E-state index in [4.69, 9.17) is 4.74 Å². The molecule has 1 N–H and O–H groups in total. The molecule has 0 fully saturated rings. The van der Waals surface area contributed by atoms with Gasteiger partial charge in [-0.1, -0.05) is 36.4 Å². The van der Waals surface area contributed by atoms with Gasteiger partial charge in [-0.15, -0.1) is 0 Å². The van der Waals surface area contributed by atoms with Crippen molar-refractivity contribution in [3.05, 3.63) is 101 Å². The highest BCUT2D eigenvalue weighted by Crippen LogP contribution is 2.35. The SMILES string of the molecule is COCCN(C(=O)CN1C(=O)c2ccccc2C1=O)C1(C(=O)Nc2ccc(F)cc2)CCc2ccccc2C1. The van der Waals surface area contributed by atoms with Crippen LogP contribution < -0.4 is 5.32 Å². The highest BCUT2D eigenvalue weighted by Gasteiger charge is 2.49. The molecule has 2 aliphatic rings. The zero-order valence-corrected chi connectivity index (χ0v) is 21.5. The number of nitrogens with zero attached hydrogens (tertiary/aromatic N) is 2. The number of amides is 4. The second-order valence-corrected chi connectivity index (χ2v) is 9.72. The van der Waals surface area contributed by atoms with Crippen molar-refractivity contribution in [2.24, 2.45) is 0 Å². The molecule has 3 aromatic carbocycles. The quantitative estimate of drug-likeness (QED) is 0.451. The van der Waals surface area contributed by atoms with Gasteiger partial charge in [0.2, 0.25) is 5.91 Å². The number of halogens is 1. The van der Waals surface area contributed by atoms with Crippen molar-refractivity contribution in [3.63, 3.8) is 0 Å². The maximum absolute atomic E-state index is 14.1. The van der Waals surface area contributed by atoms with Crippen molar-refractivity contribution in [3.8, 4) is 0 Å². The summed E-state index contributed by atoms with van der Waals surface area (Å²) in [7, 11) is 1.49. The molecular weight excluding hydrogens is 501 g/mol. The van der Waals surface area contributed by atoms with E-state index < -0.39 is 41.5 Å². The van der Waals surface area contributed by atoms with E-state index in [0.717, 1.165) is 16.0 Å². The Morgan fingerprint density at radius 2 is 1.56 bits per heavy atom. The molecular formula is C30H28FN3O5. The van der Waals surface area contributed by atoms with Gasteiger partial charge in [0.25, 0.3) is 17.7 Å². The Balaban J connectivity index is 1.50. The Bertz CT molecular complexity index is 1410. The summed E-state index contributed by atoms with van der Waals surface area (Å²) < 4.78 is 18.8. The van der Waals surface area contributed by atoms with Gasteiger partial charge in [0.1, 0.15) is 17.9 Å². The molecule has 0 spiro atoms. The van der Waals surface area contributed by atoms with E-state index in [1.165, 1.54) is 36.3 Å². The first-order valence-electron chi connectivity index (χ1n) is 12.7. The van der Waals surface area contributed by atoms with Crippen molar-refractivity contribution in [2.45, 2.75) is 24.8 Å². The molecule has 3 aromatic rings. The predicted octanol–water partition coefficient (Wildman–Crippen LogP) is 3.46. The number of aryl methyl sites for hydroxylation is 1. The van der Waals surface area contributed by atoms with Crippen LogP contribution in [0.15, 0.2) is 72.8 Å². The average molecular weight is 530 g/mol. The fraction of sp³-hybridized carbons (Fsp3) is 0.267. The topological polar surface area (TPSA) is 96.0 Å². The molecule has 39 heavy (non-hydrogen) atoms. The summed E-state index contributed by atoms with van der Waals surface area (Å²) in [6.45, 7) is -0.304. The number of carbonyl (C=O) groups excluding carboxylic acids is 4. The summed E-state index contributed by atoms with van der Waals surface area (Å²) >= 11 is 0. The molecule has 200 valence electrons. The Morgan fingerprint density at radius 1 is 0.949 bits per heavy atom. The van der Waals surface area contributed by atoms with Gasteiger partial charge >= 0.3 is 0 Å². The third kappa shape index (κ3) is 4.93. The number of hydrogen-bond acceptors (Lipinski definition) is 5. The first kappa shape index (κ1) is 26.2. The lowest BCUT2D eigenvalue weighted by Gasteiger charge is -2.45. The van der Waals surface area contributed by atoms with E-state index in [-0.39, 0.29) is 30.7 Å². The number of methoxy groups -OCH3 is 1. The summed E-state index contributed by atoms with van der Waals surface area (Å²) in [4.78, 5) is 56.4. The Hall–Kier alpha value is -4.37. The van der Waals surface area contributed by atoms with Crippen molar-refractivity contribution in [1.29, 1.82) is 0 Å². The normalized spacial score (nSPS) is 17.9. The van der Waals surface area contributed by atoms with E-state index in [1.54, 1.807) is 24.3 Å². The number of fused-ring (bicyclic) bond motifs is 2. The molecule has 0 aromatic heterocycles. The minimum absolute atomic E-state index is 0.0670. The number of nitrogens with one attached hydrogen (secondary N) is 1. The van der Waals surface area contributed by atoms with Crippen molar-refractivity contribution >= 4 is 29.3 Å². The van der Waals surface area contributed by atoms with Crippen LogP contribution in [0.1, 0.15) is 38.3 Å². The highest BCUT2D eigenvalue weighted by atomic mass is 19.1. The van der Waals surface area contributed by atoms with Gasteiger partial charge in [0.15, 0.2) is 0 Å². The first-order valence-corrected chi connectivity index (χ1v) is 12.7. The number of anilines is 1. The zero-order valence-electron chi connectivity index (χ0n) is 21.5. The highest BCUT2D eigenvalue weighted by molar-refractivity contribution is 6.22. The summed E-state index contributed by atoms with van der Waals surface area (Å²) in [5.74, 6) is -2.51. The van der Waals surface area contributed by atoms with Gasteiger partial charge in [-0.3, -0.25) is 24.1 Å². The van der Waals surface area contributed by atoms with Gasteiger partial charge in [-0.2, -0.15) is 0 Å². The lowest BCUT2D eigenvalue weighted by molar-refractivity contribution is -0.147. The lowest BCUT2D eigenvalue weighted by atomic mass is 9.75. The minimum Gasteiger partial charge on any atom is -0.383 e. The predicted molar refractivity (Wildman–Crippen MR) is 142 cm³/mol. The molecule has 0 radical (unpaired) electrons. The summed E-state index contributed by atoms with van der Waals surface area (Å²) in [6.07, 6.45) is 1.08. The van der Waals surface area contributed by atoms with Crippen LogP contribution in [0.5, 0.6) is 0 Å². The summed E-state index contributed by atoms with van der Waals surface area (Å²) in [5, 5.41) is 2.86. The average Bonchev–Trinajstić information content (AvgIpc) is 3.19. The van der Waals surface area contributed by atoms with Gasteiger partial charge in [0, 0.05) is 25.8 Å². The fourth-order valence-electron chi connectivity index (χ4n) is 5.41. The summed E-state index contributed by atoms with van der Waals surface area (Å²) in [5.41, 5.74) is 1.55. The molecule has 1 aliphatic carbocycles. The molecule has 1 heterocycles. The number of imide groups is 1. The van der Waals surface area contributed by atoms with Gasteiger partial charge in [-0.25, -0.2) is 4.39 Å². The second-order valence-electron chi connectivity index (χ2n) is 9.72. The Kier molecular flexibility index (Phi) is 7.26. The molecule has 9 heteroatoms. The number of carbonyl (C=O) groups is 4. The molecule has 8 nitrogen and oxygen atoms in total. The maximum Gasteiger partial charge on any atom is 0.262 e. The standard InChI is InChI=1S/C30H28FN3O5/c1-39-17-16-34(26(35)19-33-27(36)24-8-4-5-9-25(24)28(33)37)30(15-14-20-6-2-3-7-21(20)18-30)29(38)32-23-12-10-22(31)11-13-23/h2-13H,14-19H2,1H3,(H,32,38). The summed E-state index contributed by atoms with van der Waals surface area (Å²) in [6, 6.07) is 19.6. The van der Waals surface area contributed by atoms with Crippen molar-refractivity contribution < 1.29 is 28.3 Å². The largest absolute Gasteiger partial charge is 0.383 e. The van der Waals surface area contributed by atoms with Gasteiger partial charge in [-0.05, 0) is 60.4 Å². The number of benzene rings is 3. The minimum atomic E-state index is -1.34. The van der Waals surface area contributed by atoms with Crippen LogP contribution >= 0.6 is 0 Å². The molecule has 1 aliphatic heterocycles. The van der Waals surface area contributed by atoms with E-state index in [0.29, 0.717) is 18.5 Å². The van der Waals surface area contributed by atoms with Crippen LogP contribution in [-0.2, 0) is 27.2 Å². The smallest absolute Gasteiger partial charge is 0.262 e. The van der Waals surface area contributed by atoms with Gasteiger partial charge in [0.05, 0.1) is 17.7 Å². The number of hydrogen-bond donors (Lipinski definition) is 1. The van der Waals surface area contributed by atoms with Crippen LogP contribution in [0.2, 0.25) is 0 Å².